The van der Waals surface area contributed by atoms with Crippen molar-refractivity contribution in [1.29, 1.82) is 5.26 Å². The third-order valence-corrected chi connectivity index (χ3v) is 0.839. The quantitative estimate of drug-likeness (QED) is 0.367. The maximum absolute atomic E-state index is 10.8. The predicted octanol–water partition coefficient (Wildman–Crippen LogP) is 2.60. The summed E-state index contributed by atoms with van der Waals surface area (Å²) >= 11 is 0. The van der Waals surface area contributed by atoms with Crippen LogP contribution in [-0.4, -0.2) is 11.6 Å². The Kier molecular flexibility index (Phi) is 7.36. The number of hydrogen-bond acceptors (Lipinski definition) is 3. The second-order valence-electron chi connectivity index (χ2n) is 3.62. The Labute approximate surface area is 85.7 Å². The van der Waals surface area contributed by atoms with E-state index in [9.17, 15) is 4.79 Å². The lowest BCUT2D eigenvalue weighted by Crippen LogP contribution is -2.23. The molecular formula is C11H17NO2. The van der Waals surface area contributed by atoms with Crippen molar-refractivity contribution in [2.75, 3.05) is 0 Å². The highest BCUT2D eigenvalue weighted by molar-refractivity contribution is 5.87. The number of carbonyl (C=O) groups is 1. The molecule has 0 unspecified atom stereocenters. The summed E-state index contributed by atoms with van der Waals surface area (Å²) in [5, 5.41) is 7.51. The number of carbonyl (C=O) groups excluding carboxylic acids is 1. The molecule has 78 valence electrons. The van der Waals surface area contributed by atoms with E-state index in [2.05, 4.69) is 13.2 Å². The monoisotopic (exact) mass is 195 g/mol. The van der Waals surface area contributed by atoms with Crippen molar-refractivity contribution in [3.63, 3.8) is 0 Å². The van der Waals surface area contributed by atoms with Crippen molar-refractivity contribution in [2.45, 2.75) is 33.3 Å². The number of nitriles is 1. The molecule has 14 heavy (non-hydrogen) atoms. The minimum atomic E-state index is -0.407. The van der Waals surface area contributed by atoms with Gasteiger partial charge < -0.3 is 4.74 Å². The molecule has 0 aromatic rings. The van der Waals surface area contributed by atoms with Crippen LogP contribution in [0.2, 0.25) is 0 Å². The zero-order chi connectivity index (χ0) is 11.8. The highest BCUT2D eigenvalue weighted by Crippen LogP contribution is 2.09. The summed E-state index contributed by atoms with van der Waals surface area (Å²) in [6.45, 7) is 13.7. The molecule has 0 saturated heterocycles. The fourth-order valence-corrected chi connectivity index (χ4v) is 0.365. The van der Waals surface area contributed by atoms with Crippen molar-refractivity contribution in [3.8, 4) is 6.07 Å². The van der Waals surface area contributed by atoms with Gasteiger partial charge in [0.25, 0.3) is 0 Å². The van der Waals surface area contributed by atoms with Gasteiger partial charge in [0.1, 0.15) is 5.60 Å². The van der Waals surface area contributed by atoms with Crippen LogP contribution >= 0.6 is 0 Å². The number of hydrogen-bond donors (Lipinski definition) is 0. The predicted molar refractivity (Wildman–Crippen MR) is 56.5 cm³/mol. The molecule has 0 saturated carbocycles. The molecule has 0 atom stereocenters. The van der Waals surface area contributed by atoms with Gasteiger partial charge in [-0.05, 0) is 27.7 Å². The third kappa shape index (κ3) is 13.1. The molecular weight excluding hydrogens is 178 g/mol. The van der Waals surface area contributed by atoms with Crippen molar-refractivity contribution >= 4 is 5.97 Å². The molecule has 0 aliphatic carbocycles. The fraction of sp³-hybridized carbons (Fsp3) is 0.455. The van der Waals surface area contributed by atoms with Crippen LogP contribution in [0.3, 0.4) is 0 Å². The Bertz CT molecular complexity index is 253. The number of rotatable bonds is 1. The molecule has 0 aliphatic heterocycles. The number of ether oxygens (including phenoxy) is 1. The van der Waals surface area contributed by atoms with Crippen LogP contribution in [0.4, 0.5) is 0 Å². The van der Waals surface area contributed by atoms with E-state index >= 15 is 0 Å². The van der Waals surface area contributed by atoms with Gasteiger partial charge in [0.2, 0.25) is 0 Å². The van der Waals surface area contributed by atoms with Gasteiger partial charge in [-0.2, -0.15) is 5.26 Å². The zero-order valence-electron chi connectivity index (χ0n) is 9.26. The average Bonchev–Trinajstić information content (AvgIpc) is 2.02. The first-order valence-electron chi connectivity index (χ1n) is 4.14. The normalized spacial score (nSPS) is 8.79. The molecule has 0 bridgehead atoms. The lowest BCUT2D eigenvalue weighted by molar-refractivity contribution is -0.149. The molecule has 0 N–H and O–H groups in total. The fourth-order valence-electron chi connectivity index (χ4n) is 0.365. The lowest BCUT2D eigenvalue weighted by Gasteiger charge is -2.19. The van der Waals surface area contributed by atoms with Gasteiger partial charge in [-0.15, -0.1) is 0 Å². The summed E-state index contributed by atoms with van der Waals surface area (Å²) in [6, 6.07) is 1.69. The highest BCUT2D eigenvalue weighted by atomic mass is 16.6. The lowest BCUT2D eigenvalue weighted by atomic mass is 10.2. The molecule has 3 heteroatoms. The molecule has 0 fully saturated rings. The van der Waals surface area contributed by atoms with E-state index in [-0.39, 0.29) is 5.97 Å². The summed E-state index contributed by atoms with van der Waals surface area (Å²) in [4.78, 5) is 10.8. The van der Waals surface area contributed by atoms with Crippen LogP contribution in [-0.2, 0) is 9.53 Å². The second-order valence-corrected chi connectivity index (χ2v) is 3.62. The molecule has 0 aliphatic rings. The van der Waals surface area contributed by atoms with Crippen LogP contribution < -0.4 is 0 Å². The Morgan fingerprint density at radius 1 is 1.50 bits per heavy atom. The van der Waals surface area contributed by atoms with Crippen LogP contribution in [0.25, 0.3) is 0 Å². The Hall–Kier alpha value is -1.56. The van der Waals surface area contributed by atoms with Crippen LogP contribution in [0, 0.1) is 11.3 Å². The first-order valence-corrected chi connectivity index (χ1v) is 4.14. The van der Waals surface area contributed by atoms with Crippen molar-refractivity contribution in [2.24, 2.45) is 0 Å². The van der Waals surface area contributed by atoms with E-state index in [1.807, 2.05) is 20.8 Å². The molecule has 0 amide bonds. The maximum Gasteiger partial charge on any atom is 0.333 e. The molecule has 0 rings (SSSR count). The zero-order valence-corrected chi connectivity index (χ0v) is 9.26. The molecule has 0 spiro atoms. The average molecular weight is 195 g/mol. The largest absolute Gasteiger partial charge is 0.457 e. The minimum Gasteiger partial charge on any atom is -0.457 e. The Balaban J connectivity index is 0. The van der Waals surface area contributed by atoms with Crippen LogP contribution in [0.15, 0.2) is 24.8 Å². The number of allylic oxidation sites excluding steroid dienone is 1. The molecule has 0 radical (unpaired) electrons. The molecule has 0 aromatic heterocycles. The first kappa shape index (κ1) is 14.9. The SMILES string of the molecule is C=C(C)C(=O)OC(C)(C)C.C=CC#N. The smallest absolute Gasteiger partial charge is 0.333 e. The van der Waals surface area contributed by atoms with Gasteiger partial charge in [0.15, 0.2) is 0 Å². The number of nitrogens with zero attached hydrogens (tertiary/aromatic N) is 1. The van der Waals surface area contributed by atoms with Crippen LogP contribution in [0.1, 0.15) is 27.7 Å². The maximum atomic E-state index is 10.8. The standard InChI is InChI=1S/C8H14O2.C3H3N/c1-6(2)7(9)10-8(3,4)5;1-2-3-4/h1H2,2-5H3;2H,1H2. The van der Waals surface area contributed by atoms with E-state index in [0.29, 0.717) is 5.57 Å². The summed E-state index contributed by atoms with van der Waals surface area (Å²) < 4.78 is 4.96. The van der Waals surface area contributed by atoms with Crippen molar-refractivity contribution in [3.05, 3.63) is 24.8 Å². The van der Waals surface area contributed by atoms with Gasteiger partial charge >= 0.3 is 5.97 Å². The summed E-state index contributed by atoms with van der Waals surface area (Å²) in [5.41, 5.74) is 0.0330. The van der Waals surface area contributed by atoms with Gasteiger partial charge in [-0.25, -0.2) is 4.79 Å². The van der Waals surface area contributed by atoms with E-state index in [1.54, 1.807) is 13.0 Å². The summed E-state index contributed by atoms with van der Waals surface area (Å²) in [7, 11) is 0. The van der Waals surface area contributed by atoms with Gasteiger partial charge in [0, 0.05) is 11.6 Å². The summed E-state index contributed by atoms with van der Waals surface area (Å²) in [6.07, 6.45) is 1.18. The second kappa shape index (κ2) is 6.90. The van der Waals surface area contributed by atoms with Crippen LogP contribution in [0.5, 0.6) is 0 Å². The Morgan fingerprint density at radius 3 is 1.93 bits per heavy atom. The molecule has 3 nitrogen and oxygen atoms in total. The Morgan fingerprint density at radius 2 is 1.86 bits per heavy atom. The van der Waals surface area contributed by atoms with E-state index in [4.69, 9.17) is 10.00 Å². The van der Waals surface area contributed by atoms with Gasteiger partial charge in [-0.3, -0.25) is 0 Å². The number of esters is 1. The van der Waals surface area contributed by atoms with Crippen molar-refractivity contribution < 1.29 is 9.53 Å². The molecule has 0 aromatic carbocycles. The summed E-state index contributed by atoms with van der Waals surface area (Å²) in [5.74, 6) is -0.326. The van der Waals surface area contributed by atoms with Gasteiger partial charge in [0.05, 0.1) is 6.07 Å². The third-order valence-electron chi connectivity index (χ3n) is 0.839. The van der Waals surface area contributed by atoms with E-state index in [0.717, 1.165) is 0 Å². The topological polar surface area (TPSA) is 50.1 Å². The van der Waals surface area contributed by atoms with Gasteiger partial charge in [-0.1, -0.05) is 13.2 Å². The highest BCUT2D eigenvalue weighted by Gasteiger charge is 2.15. The van der Waals surface area contributed by atoms with Crippen molar-refractivity contribution in [1.82, 2.24) is 0 Å². The minimum absolute atomic E-state index is 0.326. The van der Waals surface area contributed by atoms with E-state index in [1.165, 1.54) is 6.08 Å². The molecule has 0 heterocycles. The van der Waals surface area contributed by atoms with E-state index < -0.39 is 5.60 Å². The first-order chi connectivity index (χ1) is 6.24.